The topological polar surface area (TPSA) is 29.5 Å². The molecule has 0 bridgehead atoms. The quantitative estimate of drug-likeness (QED) is 0.736. The van der Waals surface area contributed by atoms with Crippen LogP contribution in [-0.2, 0) is 16.0 Å². The summed E-state index contributed by atoms with van der Waals surface area (Å²) in [6, 6.07) is 4.98. The van der Waals surface area contributed by atoms with Crippen LogP contribution in [0.5, 0.6) is 0 Å². The van der Waals surface area contributed by atoms with Gasteiger partial charge >= 0.3 is 5.97 Å². The minimum Gasteiger partial charge on any atom is -0.468 e. The Bertz CT molecular complexity index is 433. The van der Waals surface area contributed by atoms with Crippen molar-refractivity contribution in [3.63, 3.8) is 0 Å². The van der Waals surface area contributed by atoms with E-state index in [1.54, 1.807) is 12.1 Å². The normalized spacial score (nSPS) is 19.8. The number of carbonyl (C=O) groups is 1. The van der Waals surface area contributed by atoms with E-state index in [9.17, 15) is 9.18 Å². The molecule has 1 aliphatic heterocycles. The Hall–Kier alpha value is -1.42. The summed E-state index contributed by atoms with van der Waals surface area (Å²) in [5.74, 6) is -0.431. The second kappa shape index (κ2) is 4.84. The summed E-state index contributed by atoms with van der Waals surface area (Å²) in [6.45, 7) is 3.07. The molecular weight excluding hydrogens is 221 g/mol. The third-order valence-corrected chi connectivity index (χ3v) is 3.33. The molecule has 1 aromatic rings. The third kappa shape index (κ3) is 2.47. The average Bonchev–Trinajstić information content (AvgIpc) is 2.32. The van der Waals surface area contributed by atoms with Crippen molar-refractivity contribution in [1.82, 2.24) is 4.90 Å². The molecule has 1 aromatic carbocycles. The molecule has 4 heteroatoms. The van der Waals surface area contributed by atoms with E-state index in [1.165, 1.54) is 13.2 Å². The van der Waals surface area contributed by atoms with E-state index in [2.05, 4.69) is 4.74 Å². The largest absolute Gasteiger partial charge is 0.468 e. The molecule has 1 atom stereocenters. The van der Waals surface area contributed by atoms with E-state index in [0.29, 0.717) is 0 Å². The molecule has 1 heterocycles. The van der Waals surface area contributed by atoms with Gasteiger partial charge in [0, 0.05) is 12.6 Å². The molecule has 1 unspecified atom stereocenters. The Morgan fingerprint density at radius 2 is 2.35 bits per heavy atom. The van der Waals surface area contributed by atoms with Gasteiger partial charge in [0.15, 0.2) is 0 Å². The molecule has 2 rings (SSSR count). The van der Waals surface area contributed by atoms with E-state index < -0.39 is 0 Å². The molecule has 0 N–H and O–H groups in total. The van der Waals surface area contributed by atoms with Gasteiger partial charge in [0.05, 0.1) is 13.7 Å². The first-order chi connectivity index (χ1) is 8.11. The van der Waals surface area contributed by atoms with Gasteiger partial charge in [-0.25, -0.2) is 4.39 Å². The van der Waals surface area contributed by atoms with Gasteiger partial charge in [-0.3, -0.25) is 9.69 Å². The molecule has 0 radical (unpaired) electrons. The summed E-state index contributed by atoms with van der Waals surface area (Å²) < 4.78 is 17.8. The Balaban J connectivity index is 2.18. The van der Waals surface area contributed by atoms with Crippen molar-refractivity contribution in [2.45, 2.75) is 19.4 Å². The second-order valence-corrected chi connectivity index (χ2v) is 4.32. The minimum atomic E-state index is -0.234. The summed E-state index contributed by atoms with van der Waals surface area (Å²) in [5.41, 5.74) is 2.14. The van der Waals surface area contributed by atoms with Crippen molar-refractivity contribution in [2.75, 3.05) is 20.2 Å². The lowest BCUT2D eigenvalue weighted by Crippen LogP contribution is -2.38. The SMILES string of the molecule is COC(=O)CN1CCc2cc(F)ccc2C1C. The number of esters is 1. The van der Waals surface area contributed by atoms with Crippen molar-refractivity contribution < 1.29 is 13.9 Å². The van der Waals surface area contributed by atoms with E-state index in [4.69, 9.17) is 0 Å². The van der Waals surface area contributed by atoms with Crippen LogP contribution < -0.4 is 0 Å². The first-order valence-electron chi connectivity index (χ1n) is 5.71. The number of methoxy groups -OCH3 is 1. The molecule has 0 saturated heterocycles. The number of hydrogen-bond donors (Lipinski definition) is 0. The van der Waals surface area contributed by atoms with E-state index >= 15 is 0 Å². The van der Waals surface area contributed by atoms with Crippen LogP contribution >= 0.6 is 0 Å². The maximum atomic E-state index is 13.1. The highest BCUT2D eigenvalue weighted by Gasteiger charge is 2.25. The molecule has 0 saturated carbocycles. The smallest absolute Gasteiger partial charge is 0.319 e. The van der Waals surface area contributed by atoms with Gasteiger partial charge < -0.3 is 4.74 Å². The van der Waals surface area contributed by atoms with Crippen LogP contribution in [0.4, 0.5) is 4.39 Å². The minimum absolute atomic E-state index is 0.124. The fraction of sp³-hybridized carbons (Fsp3) is 0.462. The van der Waals surface area contributed by atoms with Crippen molar-refractivity contribution in [3.05, 3.63) is 35.1 Å². The monoisotopic (exact) mass is 237 g/mol. The summed E-state index contributed by atoms with van der Waals surface area (Å²) in [7, 11) is 1.39. The van der Waals surface area contributed by atoms with Crippen LogP contribution in [0.25, 0.3) is 0 Å². The standard InChI is InChI=1S/C13H16FNO2/c1-9-12-4-3-11(14)7-10(12)5-6-15(9)8-13(16)17-2/h3-4,7,9H,5-6,8H2,1-2H3. The van der Waals surface area contributed by atoms with Crippen LogP contribution in [0, 0.1) is 5.82 Å². The zero-order valence-electron chi connectivity index (χ0n) is 10.1. The molecule has 0 aromatic heterocycles. The highest BCUT2D eigenvalue weighted by Crippen LogP contribution is 2.29. The maximum absolute atomic E-state index is 13.1. The molecule has 0 spiro atoms. The number of rotatable bonds is 2. The summed E-state index contributed by atoms with van der Waals surface area (Å²) in [6.07, 6.45) is 0.772. The number of benzene rings is 1. The van der Waals surface area contributed by atoms with E-state index in [0.717, 1.165) is 24.1 Å². The second-order valence-electron chi connectivity index (χ2n) is 4.32. The third-order valence-electron chi connectivity index (χ3n) is 3.33. The van der Waals surface area contributed by atoms with Crippen LogP contribution in [0.15, 0.2) is 18.2 Å². The zero-order valence-corrected chi connectivity index (χ0v) is 10.1. The number of ether oxygens (including phenoxy) is 1. The lowest BCUT2D eigenvalue weighted by atomic mass is 9.93. The summed E-state index contributed by atoms with van der Waals surface area (Å²) in [4.78, 5) is 13.3. The van der Waals surface area contributed by atoms with Gasteiger partial charge in [-0.2, -0.15) is 0 Å². The van der Waals surface area contributed by atoms with Crippen LogP contribution in [0.1, 0.15) is 24.1 Å². The first-order valence-corrected chi connectivity index (χ1v) is 5.71. The highest BCUT2D eigenvalue weighted by atomic mass is 19.1. The Morgan fingerprint density at radius 1 is 1.59 bits per heavy atom. The van der Waals surface area contributed by atoms with Crippen molar-refractivity contribution >= 4 is 5.97 Å². The van der Waals surface area contributed by atoms with Gasteiger partial charge in [-0.15, -0.1) is 0 Å². The highest BCUT2D eigenvalue weighted by molar-refractivity contribution is 5.71. The number of carbonyl (C=O) groups excluding carboxylic acids is 1. The Kier molecular flexibility index (Phi) is 3.43. The predicted octanol–water partition coefficient (Wildman–Crippen LogP) is 1.92. The molecule has 17 heavy (non-hydrogen) atoms. The number of fused-ring (bicyclic) bond motifs is 1. The van der Waals surface area contributed by atoms with E-state index in [-0.39, 0.29) is 24.4 Å². The van der Waals surface area contributed by atoms with Gasteiger partial charge in [0.2, 0.25) is 0 Å². The molecular formula is C13H16FNO2. The Morgan fingerprint density at radius 3 is 3.06 bits per heavy atom. The average molecular weight is 237 g/mol. The van der Waals surface area contributed by atoms with Gasteiger partial charge in [0.25, 0.3) is 0 Å². The summed E-state index contributed by atoms with van der Waals surface area (Å²) in [5, 5.41) is 0. The fourth-order valence-corrected chi connectivity index (χ4v) is 2.30. The molecule has 1 aliphatic rings. The first kappa shape index (κ1) is 12.0. The van der Waals surface area contributed by atoms with Gasteiger partial charge in [0.1, 0.15) is 5.82 Å². The molecule has 92 valence electrons. The van der Waals surface area contributed by atoms with Crippen molar-refractivity contribution in [2.24, 2.45) is 0 Å². The van der Waals surface area contributed by atoms with Crippen molar-refractivity contribution in [3.8, 4) is 0 Å². The molecule has 3 nitrogen and oxygen atoms in total. The molecule has 0 amide bonds. The number of nitrogens with zero attached hydrogens (tertiary/aromatic N) is 1. The predicted molar refractivity (Wildman–Crippen MR) is 62.1 cm³/mol. The molecule has 0 fully saturated rings. The van der Waals surface area contributed by atoms with Crippen LogP contribution in [-0.4, -0.2) is 31.1 Å². The van der Waals surface area contributed by atoms with Gasteiger partial charge in [-0.05, 0) is 36.6 Å². The maximum Gasteiger partial charge on any atom is 0.319 e. The van der Waals surface area contributed by atoms with Crippen LogP contribution in [0.3, 0.4) is 0 Å². The molecule has 0 aliphatic carbocycles. The lowest BCUT2D eigenvalue weighted by molar-refractivity contribution is -0.142. The summed E-state index contributed by atoms with van der Waals surface area (Å²) >= 11 is 0. The van der Waals surface area contributed by atoms with E-state index in [1.807, 2.05) is 11.8 Å². The Labute approximate surface area is 100 Å². The fourth-order valence-electron chi connectivity index (χ4n) is 2.30. The van der Waals surface area contributed by atoms with Crippen molar-refractivity contribution in [1.29, 1.82) is 0 Å². The van der Waals surface area contributed by atoms with Crippen LogP contribution in [0.2, 0.25) is 0 Å². The number of hydrogen-bond acceptors (Lipinski definition) is 3. The zero-order chi connectivity index (χ0) is 12.4. The lowest BCUT2D eigenvalue weighted by Gasteiger charge is -2.34. The van der Waals surface area contributed by atoms with Gasteiger partial charge in [-0.1, -0.05) is 6.07 Å². The number of halogens is 1.